The van der Waals surface area contributed by atoms with Crippen LogP contribution >= 0.6 is 11.6 Å². The number of hydrogen-bond donors (Lipinski definition) is 0. The van der Waals surface area contributed by atoms with E-state index < -0.39 is 22.2 Å². The molecule has 38 heavy (non-hydrogen) atoms. The lowest BCUT2D eigenvalue weighted by molar-refractivity contribution is 0.128. The number of ether oxygens (including phenoxy) is 1. The van der Waals surface area contributed by atoms with Gasteiger partial charge in [-0.3, -0.25) is 4.90 Å². The van der Waals surface area contributed by atoms with Gasteiger partial charge in [-0.25, -0.2) is 13.2 Å². The van der Waals surface area contributed by atoms with Gasteiger partial charge < -0.3 is 9.26 Å². The Bertz CT molecular complexity index is 1570. The van der Waals surface area contributed by atoms with E-state index >= 15 is 0 Å². The predicted molar refractivity (Wildman–Crippen MR) is 145 cm³/mol. The first kappa shape index (κ1) is 26.1. The van der Waals surface area contributed by atoms with E-state index in [-0.39, 0.29) is 18.0 Å². The number of nitrogens with zero attached hydrogens (tertiary/aromatic N) is 4. The number of unbranched alkanes of at least 4 members (excludes halogenated alkanes) is 1. The van der Waals surface area contributed by atoms with Crippen molar-refractivity contribution in [2.75, 3.05) is 24.5 Å². The molecule has 3 aromatic carbocycles. The number of benzene rings is 3. The minimum atomic E-state index is -3.83. The Morgan fingerprint density at radius 2 is 1.82 bits per heavy atom. The lowest BCUT2D eigenvalue weighted by Gasteiger charge is -2.24. The second-order valence-corrected chi connectivity index (χ2v) is 11.5. The van der Waals surface area contributed by atoms with Crippen LogP contribution in [0.3, 0.4) is 0 Å². The van der Waals surface area contributed by atoms with Crippen molar-refractivity contribution in [3.63, 3.8) is 0 Å². The van der Waals surface area contributed by atoms with Crippen LogP contribution in [0.5, 0.6) is 0 Å². The molecule has 1 fully saturated rings. The van der Waals surface area contributed by atoms with Gasteiger partial charge in [0.15, 0.2) is 0 Å². The smallest absolute Gasteiger partial charge is 0.414 e. The summed E-state index contributed by atoms with van der Waals surface area (Å²) in [6.45, 7) is 4.33. The summed E-state index contributed by atoms with van der Waals surface area (Å²) in [4.78, 5) is 18.6. The first-order chi connectivity index (χ1) is 18.2. The maximum Gasteiger partial charge on any atom is 0.414 e. The quantitative estimate of drug-likeness (QED) is 0.262. The van der Waals surface area contributed by atoms with E-state index in [4.69, 9.17) is 20.9 Å². The van der Waals surface area contributed by atoms with Crippen molar-refractivity contribution in [1.29, 1.82) is 0 Å². The number of sulfonamides is 1. The molecule has 0 spiro atoms. The first-order valence-electron chi connectivity index (χ1n) is 12.3. The molecule has 1 saturated heterocycles. The van der Waals surface area contributed by atoms with Crippen LogP contribution in [-0.2, 0) is 14.8 Å². The number of carbonyl (C=O) groups excluding carboxylic acids is 1. The molecular weight excluding hydrogens is 528 g/mol. The highest BCUT2D eigenvalue weighted by molar-refractivity contribution is 7.89. The van der Waals surface area contributed by atoms with E-state index in [0.717, 1.165) is 22.8 Å². The highest BCUT2D eigenvalue weighted by atomic mass is 35.5. The first-order valence-corrected chi connectivity index (χ1v) is 14.1. The number of carbonyl (C=O) groups is 1. The molecule has 1 atom stereocenters. The lowest BCUT2D eigenvalue weighted by atomic mass is 10.1. The highest BCUT2D eigenvalue weighted by Crippen LogP contribution is 2.28. The summed E-state index contributed by atoms with van der Waals surface area (Å²) in [5, 5.41) is 6.13. The Labute approximate surface area is 226 Å². The monoisotopic (exact) mass is 554 g/mol. The molecule has 0 saturated carbocycles. The molecule has 198 valence electrons. The van der Waals surface area contributed by atoms with Crippen molar-refractivity contribution < 1.29 is 22.5 Å². The molecule has 0 radical (unpaired) electrons. The molecule has 11 heteroatoms. The minimum Gasteiger partial charge on any atom is -0.443 e. The van der Waals surface area contributed by atoms with E-state index in [9.17, 15) is 13.2 Å². The van der Waals surface area contributed by atoms with E-state index in [1.54, 1.807) is 67.6 Å². The maximum atomic E-state index is 13.7. The SMILES string of the molecule is CCCCN(CC1CN(c2ccc(-c3noc(C)n3)cc2)C(=O)O1)S(=O)(=O)c1ccc2cc(Cl)ccc2c1. The van der Waals surface area contributed by atoms with Crippen molar-refractivity contribution in [2.45, 2.75) is 37.7 Å². The predicted octanol–water partition coefficient (Wildman–Crippen LogP) is 5.67. The number of aryl methyl sites for hydroxylation is 1. The van der Waals surface area contributed by atoms with Gasteiger partial charge in [-0.2, -0.15) is 9.29 Å². The van der Waals surface area contributed by atoms with Crippen molar-refractivity contribution in [3.8, 4) is 11.4 Å². The Balaban J connectivity index is 1.33. The van der Waals surface area contributed by atoms with E-state index in [0.29, 0.717) is 35.4 Å². The van der Waals surface area contributed by atoms with Crippen LogP contribution in [0.15, 0.2) is 70.1 Å². The minimum absolute atomic E-state index is 0.0590. The summed E-state index contributed by atoms with van der Waals surface area (Å²) in [5.74, 6) is 0.926. The number of cyclic esters (lactones) is 1. The highest BCUT2D eigenvalue weighted by Gasteiger charge is 2.36. The van der Waals surface area contributed by atoms with Gasteiger partial charge in [0.2, 0.25) is 21.7 Å². The molecule has 1 aliphatic rings. The van der Waals surface area contributed by atoms with E-state index in [1.165, 1.54) is 9.21 Å². The summed E-state index contributed by atoms with van der Waals surface area (Å²) < 4.78 is 39.4. The molecule has 4 aromatic rings. The van der Waals surface area contributed by atoms with Crippen LogP contribution < -0.4 is 4.90 Å². The zero-order valence-corrected chi connectivity index (χ0v) is 22.6. The van der Waals surface area contributed by atoms with Gasteiger partial charge in [-0.1, -0.05) is 42.2 Å². The van der Waals surface area contributed by atoms with Gasteiger partial charge in [0.1, 0.15) is 6.10 Å². The number of fused-ring (bicyclic) bond motifs is 1. The van der Waals surface area contributed by atoms with Gasteiger partial charge in [0, 0.05) is 29.7 Å². The van der Waals surface area contributed by atoms with Gasteiger partial charge in [-0.15, -0.1) is 0 Å². The van der Waals surface area contributed by atoms with Crippen LogP contribution in [0.4, 0.5) is 10.5 Å². The summed E-state index contributed by atoms with van der Waals surface area (Å²) in [7, 11) is -3.83. The molecule has 2 heterocycles. The summed E-state index contributed by atoms with van der Waals surface area (Å²) in [6, 6.07) is 17.5. The van der Waals surface area contributed by atoms with Gasteiger partial charge in [0.05, 0.1) is 18.0 Å². The van der Waals surface area contributed by atoms with Crippen molar-refractivity contribution in [3.05, 3.63) is 71.6 Å². The normalized spacial score (nSPS) is 15.9. The van der Waals surface area contributed by atoms with Crippen LogP contribution in [0.25, 0.3) is 22.2 Å². The van der Waals surface area contributed by atoms with E-state index in [1.807, 2.05) is 6.92 Å². The van der Waals surface area contributed by atoms with Crippen LogP contribution in [0.2, 0.25) is 5.02 Å². The Kier molecular flexibility index (Phi) is 7.38. The van der Waals surface area contributed by atoms with Crippen LogP contribution in [-0.4, -0.2) is 54.7 Å². The standard InChI is InChI=1S/C27H27ClN4O5S/c1-3-4-13-31(38(34,35)25-12-8-20-14-22(28)9-5-21(20)15-25)16-24-17-32(27(33)36-24)23-10-6-19(7-11-23)26-29-18(2)37-30-26/h5-12,14-15,24H,3-4,13,16-17H2,1-2H3. The largest absolute Gasteiger partial charge is 0.443 e. The topological polar surface area (TPSA) is 106 Å². The average molecular weight is 555 g/mol. The van der Waals surface area contributed by atoms with Crippen LogP contribution in [0, 0.1) is 6.92 Å². The van der Waals surface area contributed by atoms with Gasteiger partial charge in [0.25, 0.3) is 0 Å². The zero-order chi connectivity index (χ0) is 26.9. The fourth-order valence-corrected chi connectivity index (χ4v) is 6.14. The average Bonchev–Trinajstić information content (AvgIpc) is 3.51. The third kappa shape index (κ3) is 5.38. The molecule has 1 amide bonds. The molecule has 0 N–H and O–H groups in total. The number of anilines is 1. The Hall–Kier alpha value is -3.47. The zero-order valence-electron chi connectivity index (χ0n) is 21.0. The number of amides is 1. The summed E-state index contributed by atoms with van der Waals surface area (Å²) in [5.41, 5.74) is 1.39. The molecule has 0 aliphatic carbocycles. The number of rotatable bonds is 9. The molecule has 1 aliphatic heterocycles. The molecular formula is C27H27ClN4O5S. The van der Waals surface area contributed by atoms with Gasteiger partial charge >= 0.3 is 6.09 Å². The number of halogens is 1. The summed E-state index contributed by atoms with van der Waals surface area (Å²) in [6.07, 6.45) is 0.371. The fraction of sp³-hybridized carbons (Fsp3) is 0.296. The van der Waals surface area contributed by atoms with Gasteiger partial charge in [-0.05, 0) is 65.7 Å². The summed E-state index contributed by atoms with van der Waals surface area (Å²) >= 11 is 6.07. The third-order valence-corrected chi connectivity index (χ3v) is 8.51. The molecule has 9 nitrogen and oxygen atoms in total. The maximum absolute atomic E-state index is 13.7. The second-order valence-electron chi connectivity index (χ2n) is 9.17. The Morgan fingerprint density at radius 1 is 1.08 bits per heavy atom. The molecule has 5 rings (SSSR count). The Morgan fingerprint density at radius 3 is 2.53 bits per heavy atom. The lowest BCUT2D eigenvalue weighted by Crippen LogP contribution is -2.39. The van der Waals surface area contributed by atoms with Crippen molar-refractivity contribution in [2.24, 2.45) is 0 Å². The molecule has 1 unspecified atom stereocenters. The second kappa shape index (κ2) is 10.7. The molecule has 0 bridgehead atoms. The number of aromatic nitrogens is 2. The number of hydrogen-bond acceptors (Lipinski definition) is 7. The van der Waals surface area contributed by atoms with Crippen molar-refractivity contribution >= 4 is 44.2 Å². The third-order valence-electron chi connectivity index (χ3n) is 6.42. The molecule has 1 aromatic heterocycles. The fourth-order valence-electron chi connectivity index (χ4n) is 4.41. The van der Waals surface area contributed by atoms with Crippen LogP contribution in [0.1, 0.15) is 25.7 Å². The van der Waals surface area contributed by atoms with Crippen molar-refractivity contribution in [1.82, 2.24) is 14.4 Å². The van der Waals surface area contributed by atoms with E-state index in [2.05, 4.69) is 10.1 Å².